The van der Waals surface area contributed by atoms with Crippen molar-refractivity contribution in [2.75, 3.05) is 5.75 Å². The average Bonchev–Trinajstić information content (AvgIpc) is 2.99. The average molecular weight is 377 g/mol. The number of carbonyl (C=O) groups is 1. The predicted octanol–water partition coefficient (Wildman–Crippen LogP) is 5.20. The second-order valence-corrected chi connectivity index (χ2v) is 7.08. The van der Waals surface area contributed by atoms with Gasteiger partial charge in [0.25, 0.3) is 0 Å². The van der Waals surface area contributed by atoms with Crippen LogP contribution in [-0.4, -0.2) is 15.9 Å². The molecule has 26 heavy (non-hydrogen) atoms. The van der Waals surface area contributed by atoms with Crippen LogP contribution >= 0.6 is 11.8 Å². The van der Waals surface area contributed by atoms with Gasteiger partial charge in [-0.05, 0) is 36.2 Å². The molecule has 0 saturated carbocycles. The number of fused-ring (bicyclic) bond motifs is 3. The van der Waals surface area contributed by atoms with E-state index in [9.17, 15) is 18.0 Å². The summed E-state index contributed by atoms with van der Waals surface area (Å²) in [5.41, 5.74) is 1.78. The second kappa shape index (κ2) is 6.39. The fraction of sp³-hybridized carbons (Fsp3) is 0.211. The summed E-state index contributed by atoms with van der Waals surface area (Å²) in [6.45, 7) is -0.178. The number of hydrogen-bond acceptors (Lipinski definition) is 3. The van der Waals surface area contributed by atoms with Gasteiger partial charge in [-0.15, -0.1) is 0 Å². The number of ether oxygens (including phenoxy) is 1. The van der Waals surface area contributed by atoms with Crippen molar-refractivity contribution in [1.82, 2.24) is 4.98 Å². The van der Waals surface area contributed by atoms with Crippen LogP contribution in [-0.2, 0) is 19.2 Å². The zero-order valence-electron chi connectivity index (χ0n) is 13.5. The van der Waals surface area contributed by atoms with Crippen LogP contribution in [0, 0.1) is 0 Å². The summed E-state index contributed by atoms with van der Waals surface area (Å²) in [5.74, 6) is 1.20. The number of hydrogen-bond donors (Lipinski definition) is 1. The summed E-state index contributed by atoms with van der Waals surface area (Å²) < 4.78 is 44.8. The lowest BCUT2D eigenvalue weighted by Gasteiger charge is -2.13. The van der Waals surface area contributed by atoms with Gasteiger partial charge >= 0.3 is 6.18 Å². The number of thioether (sulfide) groups is 1. The maximum Gasteiger partial charge on any atom is 0.416 e. The molecule has 134 valence electrons. The highest BCUT2D eigenvalue weighted by atomic mass is 32.2. The molecular formula is C19H14F3NO2S. The number of benzene rings is 2. The van der Waals surface area contributed by atoms with E-state index < -0.39 is 11.7 Å². The lowest BCUT2D eigenvalue weighted by Crippen LogP contribution is -2.10. The van der Waals surface area contributed by atoms with Gasteiger partial charge in [0.05, 0.1) is 11.3 Å². The van der Waals surface area contributed by atoms with E-state index in [0.717, 1.165) is 34.7 Å². The Labute approximate surface area is 151 Å². The molecule has 0 bridgehead atoms. The molecule has 3 nitrogen and oxygen atoms in total. The Morgan fingerprint density at radius 1 is 1.15 bits per heavy atom. The molecule has 0 radical (unpaired) electrons. The predicted molar refractivity (Wildman–Crippen MR) is 94.6 cm³/mol. The molecule has 1 aliphatic heterocycles. The van der Waals surface area contributed by atoms with Crippen molar-refractivity contribution < 1.29 is 22.7 Å². The number of halogens is 3. The largest absolute Gasteiger partial charge is 0.489 e. The fourth-order valence-corrected chi connectivity index (χ4v) is 3.96. The summed E-state index contributed by atoms with van der Waals surface area (Å²) in [6, 6.07) is 10.6. The SMILES string of the molecule is O=C1SCCc2c1[nH]c1ccc(OCc3ccccc3C(F)(F)F)cc21. The van der Waals surface area contributed by atoms with Crippen molar-refractivity contribution in [3.8, 4) is 5.75 Å². The maximum absolute atomic E-state index is 13.1. The highest BCUT2D eigenvalue weighted by Crippen LogP contribution is 2.34. The summed E-state index contributed by atoms with van der Waals surface area (Å²) in [5, 5.41) is 0.902. The quantitative estimate of drug-likeness (QED) is 0.683. The summed E-state index contributed by atoms with van der Waals surface area (Å²) in [7, 11) is 0. The van der Waals surface area contributed by atoms with Crippen LogP contribution in [0.3, 0.4) is 0 Å². The smallest absolute Gasteiger partial charge is 0.416 e. The first kappa shape index (κ1) is 17.0. The van der Waals surface area contributed by atoms with E-state index in [2.05, 4.69) is 4.98 Å². The molecule has 3 aromatic rings. The van der Waals surface area contributed by atoms with Gasteiger partial charge in [0.1, 0.15) is 12.4 Å². The Morgan fingerprint density at radius 3 is 2.77 bits per heavy atom. The van der Waals surface area contributed by atoms with Gasteiger partial charge in [0.15, 0.2) is 0 Å². The standard InChI is InChI=1S/C19H14F3NO2S/c20-19(21,22)15-4-2-1-3-11(15)10-25-12-5-6-16-14(9-12)13-7-8-26-18(24)17(13)23-16/h1-6,9,23H,7-8,10H2. The minimum atomic E-state index is -4.42. The summed E-state index contributed by atoms with van der Waals surface area (Å²) in [4.78, 5) is 15.1. The van der Waals surface area contributed by atoms with Crippen LogP contribution in [0.5, 0.6) is 5.75 Å². The maximum atomic E-state index is 13.1. The molecule has 2 aromatic carbocycles. The number of aromatic amines is 1. The van der Waals surface area contributed by atoms with Crippen LogP contribution in [0.1, 0.15) is 27.2 Å². The van der Waals surface area contributed by atoms with Crippen molar-refractivity contribution in [1.29, 1.82) is 0 Å². The molecule has 0 spiro atoms. The van der Waals surface area contributed by atoms with Gasteiger partial charge in [-0.2, -0.15) is 13.2 Å². The molecule has 4 rings (SSSR count). The van der Waals surface area contributed by atoms with Crippen LogP contribution in [0.15, 0.2) is 42.5 Å². The molecule has 0 saturated heterocycles. The van der Waals surface area contributed by atoms with Gasteiger partial charge in [0.2, 0.25) is 5.12 Å². The second-order valence-electron chi connectivity index (χ2n) is 6.02. The first-order valence-corrected chi connectivity index (χ1v) is 9.01. The number of rotatable bonds is 3. The van der Waals surface area contributed by atoms with Crippen molar-refractivity contribution in [3.05, 3.63) is 64.8 Å². The zero-order valence-corrected chi connectivity index (χ0v) is 14.3. The van der Waals surface area contributed by atoms with Gasteiger partial charge in [-0.3, -0.25) is 4.79 Å². The molecule has 7 heteroatoms. The lowest BCUT2D eigenvalue weighted by molar-refractivity contribution is -0.138. The van der Waals surface area contributed by atoms with E-state index in [1.165, 1.54) is 23.9 Å². The zero-order chi connectivity index (χ0) is 18.3. The first-order valence-electron chi connectivity index (χ1n) is 8.03. The van der Waals surface area contributed by atoms with Crippen molar-refractivity contribution in [3.63, 3.8) is 0 Å². The van der Waals surface area contributed by atoms with Gasteiger partial charge in [-0.25, -0.2) is 0 Å². The molecule has 0 atom stereocenters. The van der Waals surface area contributed by atoms with Crippen LogP contribution < -0.4 is 4.74 Å². The normalized spacial score (nSPS) is 14.5. The molecule has 0 aliphatic carbocycles. The minimum absolute atomic E-state index is 0.0176. The van der Waals surface area contributed by atoms with E-state index in [-0.39, 0.29) is 17.3 Å². The number of alkyl halides is 3. The fourth-order valence-electron chi connectivity index (χ4n) is 3.15. The molecule has 1 aliphatic rings. The van der Waals surface area contributed by atoms with E-state index >= 15 is 0 Å². The Kier molecular flexibility index (Phi) is 4.19. The third-order valence-corrected chi connectivity index (χ3v) is 5.26. The van der Waals surface area contributed by atoms with Crippen LogP contribution in [0.25, 0.3) is 10.9 Å². The highest BCUT2D eigenvalue weighted by molar-refractivity contribution is 8.14. The van der Waals surface area contributed by atoms with Crippen LogP contribution in [0.2, 0.25) is 0 Å². The molecule has 1 N–H and O–H groups in total. The monoisotopic (exact) mass is 377 g/mol. The minimum Gasteiger partial charge on any atom is -0.489 e. The molecule has 2 heterocycles. The lowest BCUT2D eigenvalue weighted by atomic mass is 10.1. The van der Waals surface area contributed by atoms with E-state index in [4.69, 9.17) is 4.74 Å². The third kappa shape index (κ3) is 3.07. The first-order chi connectivity index (χ1) is 12.4. The summed E-state index contributed by atoms with van der Waals surface area (Å²) in [6.07, 6.45) is -3.65. The van der Waals surface area contributed by atoms with E-state index in [1.807, 2.05) is 0 Å². The Morgan fingerprint density at radius 2 is 1.96 bits per heavy atom. The highest BCUT2D eigenvalue weighted by Gasteiger charge is 2.33. The van der Waals surface area contributed by atoms with E-state index in [0.29, 0.717) is 11.4 Å². The molecule has 0 amide bonds. The number of nitrogens with one attached hydrogen (secondary N) is 1. The number of carbonyl (C=O) groups excluding carboxylic acids is 1. The third-order valence-electron chi connectivity index (χ3n) is 4.38. The van der Waals surface area contributed by atoms with Crippen molar-refractivity contribution in [2.45, 2.75) is 19.2 Å². The Bertz CT molecular complexity index is 994. The summed E-state index contributed by atoms with van der Waals surface area (Å²) >= 11 is 1.28. The molecule has 0 unspecified atom stereocenters. The molecular weight excluding hydrogens is 363 g/mol. The van der Waals surface area contributed by atoms with Gasteiger partial charge < -0.3 is 9.72 Å². The number of aromatic nitrogens is 1. The van der Waals surface area contributed by atoms with Crippen molar-refractivity contribution in [2.24, 2.45) is 0 Å². The van der Waals surface area contributed by atoms with Crippen molar-refractivity contribution >= 4 is 27.8 Å². The van der Waals surface area contributed by atoms with E-state index in [1.54, 1.807) is 24.3 Å². The van der Waals surface area contributed by atoms with Gasteiger partial charge in [-0.1, -0.05) is 30.0 Å². The van der Waals surface area contributed by atoms with Gasteiger partial charge in [0, 0.05) is 22.2 Å². The number of H-pyrrole nitrogens is 1. The molecule has 1 aromatic heterocycles. The Balaban J connectivity index is 1.62. The molecule has 0 fully saturated rings. The number of aryl methyl sites for hydroxylation is 1. The Hall–Kier alpha value is -2.41. The van der Waals surface area contributed by atoms with Crippen LogP contribution in [0.4, 0.5) is 13.2 Å². The topological polar surface area (TPSA) is 42.1 Å².